The van der Waals surface area contributed by atoms with Crippen molar-refractivity contribution in [3.05, 3.63) is 18.0 Å². The van der Waals surface area contributed by atoms with Crippen molar-refractivity contribution < 1.29 is 4.79 Å². The highest BCUT2D eigenvalue weighted by atomic mass is 16.1. The van der Waals surface area contributed by atoms with Gasteiger partial charge in [-0.25, -0.2) is 0 Å². The summed E-state index contributed by atoms with van der Waals surface area (Å²) in [5.41, 5.74) is 1.04. The first kappa shape index (κ1) is 12.9. The fourth-order valence-corrected chi connectivity index (χ4v) is 1.82. The zero-order valence-corrected chi connectivity index (χ0v) is 10.6. The Hall–Kier alpha value is -1.12. The molecule has 0 unspecified atom stereocenters. The molecule has 0 aliphatic rings. The summed E-state index contributed by atoms with van der Waals surface area (Å²) in [6, 6.07) is 2.52. The Labute approximate surface area is 97.8 Å². The van der Waals surface area contributed by atoms with Crippen LogP contribution in [-0.2, 0) is 11.2 Å². The van der Waals surface area contributed by atoms with Crippen LogP contribution in [0.4, 0.5) is 0 Å². The second kappa shape index (κ2) is 6.46. The van der Waals surface area contributed by atoms with Crippen molar-refractivity contribution in [3.8, 4) is 0 Å². The minimum atomic E-state index is 0.317. The Morgan fingerprint density at radius 2 is 2.06 bits per heavy atom. The summed E-state index contributed by atoms with van der Waals surface area (Å²) in [5.74, 6) is 0.317. The smallest absolute Gasteiger partial charge is 0.133 e. The Kier molecular flexibility index (Phi) is 5.23. The SMILES string of the molecule is CCC(=O)CCc1ccn(C(CC)CC)n1. The molecule has 0 aliphatic heterocycles. The zero-order valence-electron chi connectivity index (χ0n) is 10.6. The molecule has 0 fully saturated rings. The molecule has 0 N–H and O–H groups in total. The van der Waals surface area contributed by atoms with Crippen molar-refractivity contribution in [1.29, 1.82) is 0 Å². The van der Waals surface area contributed by atoms with Gasteiger partial charge in [-0.1, -0.05) is 20.8 Å². The van der Waals surface area contributed by atoms with E-state index in [4.69, 9.17) is 0 Å². The van der Waals surface area contributed by atoms with E-state index in [9.17, 15) is 4.79 Å². The van der Waals surface area contributed by atoms with E-state index >= 15 is 0 Å². The van der Waals surface area contributed by atoms with Gasteiger partial charge in [0.1, 0.15) is 5.78 Å². The second-order valence-corrected chi connectivity index (χ2v) is 4.15. The summed E-state index contributed by atoms with van der Waals surface area (Å²) >= 11 is 0. The number of ketones is 1. The highest BCUT2D eigenvalue weighted by Gasteiger charge is 2.08. The van der Waals surface area contributed by atoms with Gasteiger partial charge in [-0.3, -0.25) is 9.48 Å². The van der Waals surface area contributed by atoms with E-state index in [0.29, 0.717) is 24.7 Å². The number of hydrogen-bond donors (Lipinski definition) is 0. The van der Waals surface area contributed by atoms with E-state index in [-0.39, 0.29) is 0 Å². The molecule has 90 valence electrons. The molecule has 3 heteroatoms. The summed E-state index contributed by atoms with van der Waals surface area (Å²) in [4.78, 5) is 11.2. The molecule has 0 saturated heterocycles. The molecular weight excluding hydrogens is 200 g/mol. The van der Waals surface area contributed by atoms with Gasteiger partial charge < -0.3 is 0 Å². The molecule has 0 bridgehead atoms. The molecule has 1 rings (SSSR count). The van der Waals surface area contributed by atoms with Crippen LogP contribution in [0.15, 0.2) is 12.3 Å². The third-order valence-electron chi connectivity index (χ3n) is 3.03. The van der Waals surface area contributed by atoms with E-state index in [1.807, 2.05) is 23.9 Å². The molecule has 3 nitrogen and oxygen atoms in total. The molecule has 1 aromatic rings. The normalized spacial score (nSPS) is 11.0. The highest BCUT2D eigenvalue weighted by molar-refractivity contribution is 5.78. The van der Waals surface area contributed by atoms with Gasteiger partial charge in [0.05, 0.1) is 11.7 Å². The minimum Gasteiger partial charge on any atom is -0.300 e. The summed E-state index contributed by atoms with van der Waals surface area (Å²) in [5, 5.41) is 4.52. The number of aryl methyl sites for hydroxylation is 1. The number of aromatic nitrogens is 2. The van der Waals surface area contributed by atoms with Gasteiger partial charge in [0.25, 0.3) is 0 Å². The number of carbonyl (C=O) groups excluding carboxylic acids is 1. The van der Waals surface area contributed by atoms with Crippen molar-refractivity contribution >= 4 is 5.78 Å². The monoisotopic (exact) mass is 222 g/mol. The molecule has 0 aliphatic carbocycles. The van der Waals surface area contributed by atoms with E-state index in [1.54, 1.807) is 0 Å². The number of nitrogens with zero attached hydrogens (tertiary/aromatic N) is 2. The second-order valence-electron chi connectivity index (χ2n) is 4.15. The van der Waals surface area contributed by atoms with Crippen LogP contribution < -0.4 is 0 Å². The molecule has 1 aromatic heterocycles. The van der Waals surface area contributed by atoms with Gasteiger partial charge in [-0.15, -0.1) is 0 Å². The number of rotatable bonds is 7. The summed E-state index contributed by atoms with van der Waals surface area (Å²) in [6.07, 6.45) is 6.27. The molecule has 0 spiro atoms. The molecule has 0 radical (unpaired) electrons. The summed E-state index contributed by atoms with van der Waals surface area (Å²) < 4.78 is 2.03. The topological polar surface area (TPSA) is 34.9 Å². The summed E-state index contributed by atoms with van der Waals surface area (Å²) in [7, 11) is 0. The van der Waals surface area contributed by atoms with Crippen LogP contribution in [0, 0.1) is 0 Å². The zero-order chi connectivity index (χ0) is 12.0. The van der Waals surface area contributed by atoms with Crippen molar-refractivity contribution in [3.63, 3.8) is 0 Å². The van der Waals surface area contributed by atoms with Gasteiger partial charge in [0, 0.05) is 19.0 Å². The van der Waals surface area contributed by atoms with Crippen LogP contribution in [0.2, 0.25) is 0 Å². The lowest BCUT2D eigenvalue weighted by Crippen LogP contribution is -2.08. The average Bonchev–Trinajstić information content (AvgIpc) is 2.76. The maximum Gasteiger partial charge on any atom is 0.133 e. The van der Waals surface area contributed by atoms with Crippen molar-refractivity contribution in [2.24, 2.45) is 0 Å². The van der Waals surface area contributed by atoms with Gasteiger partial charge >= 0.3 is 0 Å². The predicted octanol–water partition coefficient (Wildman–Crippen LogP) is 3.16. The Balaban J connectivity index is 2.54. The van der Waals surface area contributed by atoms with E-state index in [2.05, 4.69) is 18.9 Å². The van der Waals surface area contributed by atoms with Crippen molar-refractivity contribution in [1.82, 2.24) is 9.78 Å². The largest absolute Gasteiger partial charge is 0.300 e. The number of hydrogen-bond acceptors (Lipinski definition) is 2. The maximum absolute atomic E-state index is 11.2. The van der Waals surface area contributed by atoms with E-state index in [1.165, 1.54) is 0 Å². The van der Waals surface area contributed by atoms with Gasteiger partial charge in [-0.2, -0.15) is 5.10 Å². The first-order valence-corrected chi connectivity index (χ1v) is 6.26. The lowest BCUT2D eigenvalue weighted by molar-refractivity contribution is -0.118. The lowest BCUT2D eigenvalue weighted by Gasteiger charge is -2.12. The molecule has 0 aromatic carbocycles. The standard InChI is InChI=1S/C13H22N2O/c1-4-12(5-2)15-10-9-11(14-15)7-8-13(16)6-3/h9-10,12H,4-8H2,1-3H3. The van der Waals surface area contributed by atoms with Crippen molar-refractivity contribution in [2.75, 3.05) is 0 Å². The number of carbonyl (C=O) groups is 1. The van der Waals surface area contributed by atoms with Crippen molar-refractivity contribution in [2.45, 2.75) is 58.9 Å². The Bertz CT molecular complexity index is 326. The minimum absolute atomic E-state index is 0.317. The lowest BCUT2D eigenvalue weighted by atomic mass is 10.1. The average molecular weight is 222 g/mol. The molecule has 1 heterocycles. The third kappa shape index (κ3) is 3.47. The van der Waals surface area contributed by atoms with Crippen LogP contribution >= 0.6 is 0 Å². The van der Waals surface area contributed by atoms with Crippen LogP contribution in [0.5, 0.6) is 0 Å². The quantitative estimate of drug-likeness (QED) is 0.710. The van der Waals surface area contributed by atoms with Gasteiger partial charge in [-0.05, 0) is 25.3 Å². The fraction of sp³-hybridized carbons (Fsp3) is 0.692. The maximum atomic E-state index is 11.2. The van der Waals surface area contributed by atoms with E-state index < -0.39 is 0 Å². The van der Waals surface area contributed by atoms with Crippen LogP contribution in [-0.4, -0.2) is 15.6 Å². The first-order chi connectivity index (χ1) is 7.71. The van der Waals surface area contributed by atoms with Crippen LogP contribution in [0.1, 0.15) is 58.2 Å². The fourth-order valence-electron chi connectivity index (χ4n) is 1.82. The molecule has 16 heavy (non-hydrogen) atoms. The first-order valence-electron chi connectivity index (χ1n) is 6.26. The highest BCUT2D eigenvalue weighted by Crippen LogP contribution is 2.15. The Morgan fingerprint density at radius 1 is 1.38 bits per heavy atom. The Morgan fingerprint density at radius 3 is 2.62 bits per heavy atom. The van der Waals surface area contributed by atoms with Gasteiger partial charge in [0.15, 0.2) is 0 Å². The van der Waals surface area contributed by atoms with Gasteiger partial charge in [0.2, 0.25) is 0 Å². The molecule has 0 amide bonds. The summed E-state index contributed by atoms with van der Waals surface area (Å²) in [6.45, 7) is 6.26. The van der Waals surface area contributed by atoms with E-state index in [0.717, 1.165) is 25.0 Å². The molecule has 0 saturated carbocycles. The molecule has 0 atom stereocenters. The molecular formula is C13H22N2O. The predicted molar refractivity (Wildman–Crippen MR) is 65.5 cm³/mol. The third-order valence-corrected chi connectivity index (χ3v) is 3.03. The van der Waals surface area contributed by atoms with Crippen LogP contribution in [0.25, 0.3) is 0 Å². The number of Topliss-reactive ketones (excluding diaryl/α,β-unsaturated/α-hetero) is 1. The van der Waals surface area contributed by atoms with Crippen LogP contribution in [0.3, 0.4) is 0 Å².